The molecule has 1 aliphatic heterocycles. The van der Waals surface area contributed by atoms with Gasteiger partial charge in [-0.1, -0.05) is 60.7 Å². The van der Waals surface area contributed by atoms with Crippen LogP contribution in [0.15, 0.2) is 60.7 Å². The van der Waals surface area contributed by atoms with Crippen LogP contribution in [0.2, 0.25) is 0 Å². The highest BCUT2D eigenvalue weighted by Gasteiger charge is 2.35. The summed E-state index contributed by atoms with van der Waals surface area (Å²) in [6, 6.07) is 20.9. The summed E-state index contributed by atoms with van der Waals surface area (Å²) < 4.78 is 5.41. The van der Waals surface area contributed by atoms with Crippen molar-refractivity contribution in [3.05, 3.63) is 71.8 Å². The fraction of sp³-hybridized carbons (Fsp3) is 0.318. The van der Waals surface area contributed by atoms with Crippen molar-refractivity contribution in [1.29, 1.82) is 0 Å². The van der Waals surface area contributed by atoms with Gasteiger partial charge in [0.1, 0.15) is 0 Å². The molecule has 0 bridgehead atoms. The lowest BCUT2D eigenvalue weighted by Gasteiger charge is -2.30. The Morgan fingerprint density at radius 3 is 2.12 bits per heavy atom. The summed E-state index contributed by atoms with van der Waals surface area (Å²) in [7, 11) is 0. The maximum atomic E-state index is 13.2. The minimum Gasteiger partial charge on any atom is -0.378 e. The van der Waals surface area contributed by atoms with Crippen molar-refractivity contribution in [3.63, 3.8) is 0 Å². The van der Waals surface area contributed by atoms with Crippen molar-refractivity contribution >= 4 is 17.1 Å². The average molecular weight is 333 g/mol. The Morgan fingerprint density at radius 1 is 0.880 bits per heavy atom. The molecule has 25 heavy (non-hydrogen) atoms. The highest BCUT2D eigenvalue weighted by Crippen LogP contribution is 2.44. The third-order valence-corrected chi connectivity index (χ3v) is 5.18. The van der Waals surface area contributed by atoms with Gasteiger partial charge in [0.15, 0.2) is 0 Å². The Hall–Kier alpha value is -2.39. The van der Waals surface area contributed by atoms with Crippen LogP contribution in [0.4, 0.5) is 0 Å². The van der Waals surface area contributed by atoms with Crippen LogP contribution in [0.3, 0.4) is 0 Å². The average Bonchev–Trinajstić information content (AvgIpc) is 3.14. The zero-order valence-electron chi connectivity index (χ0n) is 14.4. The lowest BCUT2D eigenvalue weighted by molar-refractivity contribution is -0.137. The normalized spacial score (nSPS) is 20.8. The van der Waals surface area contributed by atoms with Crippen molar-refractivity contribution in [2.24, 2.45) is 5.92 Å². The number of amides is 1. The van der Waals surface area contributed by atoms with E-state index in [-0.39, 0.29) is 11.8 Å². The van der Waals surface area contributed by atoms with E-state index < -0.39 is 0 Å². The molecule has 0 unspecified atom stereocenters. The second-order valence-electron chi connectivity index (χ2n) is 6.65. The smallest absolute Gasteiger partial charge is 0.230 e. The maximum absolute atomic E-state index is 13.2. The molecule has 2 aliphatic rings. The van der Waals surface area contributed by atoms with E-state index >= 15 is 0 Å². The summed E-state index contributed by atoms with van der Waals surface area (Å²) in [5, 5.41) is 0. The van der Waals surface area contributed by atoms with E-state index in [2.05, 4.69) is 48.5 Å². The topological polar surface area (TPSA) is 29.5 Å². The molecule has 2 aromatic carbocycles. The monoisotopic (exact) mass is 333 g/mol. The summed E-state index contributed by atoms with van der Waals surface area (Å²) >= 11 is 0. The van der Waals surface area contributed by atoms with Gasteiger partial charge in [-0.25, -0.2) is 0 Å². The Balaban J connectivity index is 1.74. The van der Waals surface area contributed by atoms with Gasteiger partial charge in [-0.15, -0.1) is 0 Å². The molecule has 0 saturated carbocycles. The van der Waals surface area contributed by atoms with Crippen molar-refractivity contribution in [1.82, 2.24) is 4.90 Å². The van der Waals surface area contributed by atoms with Crippen LogP contribution in [-0.4, -0.2) is 37.1 Å². The number of benzene rings is 2. The number of hydrogen-bond donors (Lipinski definition) is 0. The number of ether oxygens (including phenoxy) is 1. The lowest BCUT2D eigenvalue weighted by atomic mass is 9.90. The second kappa shape index (κ2) is 7.24. The van der Waals surface area contributed by atoms with Crippen molar-refractivity contribution in [2.45, 2.75) is 12.8 Å². The predicted octanol–water partition coefficient (Wildman–Crippen LogP) is 3.87. The molecule has 3 nitrogen and oxygen atoms in total. The second-order valence-corrected chi connectivity index (χ2v) is 6.65. The van der Waals surface area contributed by atoms with E-state index in [0.717, 1.165) is 12.8 Å². The molecule has 2 aromatic rings. The fourth-order valence-corrected chi connectivity index (χ4v) is 3.96. The first kappa shape index (κ1) is 16.1. The molecule has 0 spiro atoms. The molecular formula is C22H23NO2. The van der Waals surface area contributed by atoms with Gasteiger partial charge in [-0.05, 0) is 35.1 Å². The Morgan fingerprint density at radius 2 is 1.48 bits per heavy atom. The van der Waals surface area contributed by atoms with E-state index in [1.165, 1.54) is 22.3 Å². The Bertz CT molecular complexity index is 761. The molecule has 0 aromatic heterocycles. The minimum atomic E-state index is -0.0456. The van der Waals surface area contributed by atoms with Crippen LogP contribution in [0.1, 0.15) is 24.0 Å². The molecule has 0 radical (unpaired) electrons. The van der Waals surface area contributed by atoms with Gasteiger partial charge in [0.25, 0.3) is 0 Å². The standard InChI is InChI=1S/C22H23NO2/c24-22(23-13-15-25-16-14-23)20-12-11-19(17-7-3-1-4-8-17)21(20)18-9-5-2-6-10-18/h1-10,20H,11-16H2/t20-/m0/s1. The van der Waals surface area contributed by atoms with E-state index in [0.29, 0.717) is 26.3 Å². The molecule has 1 amide bonds. The van der Waals surface area contributed by atoms with Gasteiger partial charge in [-0.3, -0.25) is 4.79 Å². The summed E-state index contributed by atoms with van der Waals surface area (Å²) in [5.74, 6) is 0.212. The van der Waals surface area contributed by atoms with Gasteiger partial charge >= 0.3 is 0 Å². The number of allylic oxidation sites excluding steroid dienone is 1. The SMILES string of the molecule is O=C([C@H]1CCC(c2ccccc2)=C1c1ccccc1)N1CCOCC1. The zero-order valence-corrected chi connectivity index (χ0v) is 14.4. The number of nitrogens with zero attached hydrogens (tertiary/aromatic N) is 1. The molecule has 1 heterocycles. The van der Waals surface area contributed by atoms with Crippen LogP contribution < -0.4 is 0 Å². The molecule has 0 N–H and O–H groups in total. The summed E-state index contributed by atoms with van der Waals surface area (Å²) in [4.78, 5) is 15.2. The number of morpholine rings is 1. The van der Waals surface area contributed by atoms with Gasteiger partial charge in [0.05, 0.1) is 19.1 Å². The van der Waals surface area contributed by atoms with E-state index in [9.17, 15) is 4.79 Å². The highest BCUT2D eigenvalue weighted by atomic mass is 16.5. The van der Waals surface area contributed by atoms with Gasteiger partial charge in [0.2, 0.25) is 5.91 Å². The van der Waals surface area contributed by atoms with Crippen molar-refractivity contribution < 1.29 is 9.53 Å². The quantitative estimate of drug-likeness (QED) is 0.853. The van der Waals surface area contributed by atoms with Crippen molar-refractivity contribution in [2.75, 3.05) is 26.3 Å². The molecular weight excluding hydrogens is 310 g/mol. The fourth-order valence-electron chi connectivity index (χ4n) is 3.96. The van der Waals surface area contributed by atoms with E-state index in [4.69, 9.17) is 4.74 Å². The van der Waals surface area contributed by atoms with Crippen LogP contribution in [0.5, 0.6) is 0 Å². The summed E-state index contributed by atoms with van der Waals surface area (Å²) in [6.07, 6.45) is 1.85. The molecule has 1 fully saturated rings. The molecule has 1 aliphatic carbocycles. The third kappa shape index (κ3) is 3.24. The molecule has 1 saturated heterocycles. The molecule has 128 valence electrons. The summed E-state index contributed by atoms with van der Waals surface area (Å²) in [5.41, 5.74) is 4.94. The van der Waals surface area contributed by atoms with E-state index in [1.54, 1.807) is 0 Å². The van der Waals surface area contributed by atoms with Gasteiger partial charge in [-0.2, -0.15) is 0 Å². The van der Waals surface area contributed by atoms with Gasteiger partial charge < -0.3 is 9.64 Å². The first-order chi connectivity index (χ1) is 12.3. The summed E-state index contributed by atoms with van der Waals surface area (Å²) in [6.45, 7) is 2.71. The first-order valence-electron chi connectivity index (χ1n) is 9.05. The van der Waals surface area contributed by atoms with Gasteiger partial charge in [0, 0.05) is 13.1 Å². The van der Waals surface area contributed by atoms with Crippen LogP contribution >= 0.6 is 0 Å². The first-order valence-corrected chi connectivity index (χ1v) is 9.05. The largest absolute Gasteiger partial charge is 0.378 e. The lowest BCUT2D eigenvalue weighted by Crippen LogP contribution is -2.43. The highest BCUT2D eigenvalue weighted by molar-refractivity contribution is 6.03. The van der Waals surface area contributed by atoms with E-state index in [1.807, 2.05) is 17.0 Å². The third-order valence-electron chi connectivity index (χ3n) is 5.18. The molecule has 4 rings (SSSR count). The number of hydrogen-bond acceptors (Lipinski definition) is 2. The van der Waals surface area contributed by atoms with Crippen LogP contribution in [0.25, 0.3) is 11.1 Å². The van der Waals surface area contributed by atoms with Crippen molar-refractivity contribution in [3.8, 4) is 0 Å². The van der Waals surface area contributed by atoms with Crippen LogP contribution in [0, 0.1) is 5.92 Å². The molecule has 1 atom stereocenters. The Labute approximate surface area is 148 Å². The number of carbonyl (C=O) groups excluding carboxylic acids is 1. The number of carbonyl (C=O) groups is 1. The number of rotatable bonds is 3. The van der Waals surface area contributed by atoms with Crippen LogP contribution in [-0.2, 0) is 9.53 Å². The minimum absolute atomic E-state index is 0.0456. The molecule has 3 heteroatoms. The Kier molecular flexibility index (Phi) is 4.66. The zero-order chi connectivity index (χ0) is 17.1. The predicted molar refractivity (Wildman–Crippen MR) is 99.8 cm³/mol. The maximum Gasteiger partial charge on any atom is 0.230 e.